The van der Waals surface area contributed by atoms with Gasteiger partial charge in [-0.2, -0.15) is 0 Å². The average molecular weight is 406 g/mol. The summed E-state index contributed by atoms with van der Waals surface area (Å²) in [5.41, 5.74) is 3.46. The highest BCUT2D eigenvalue weighted by Gasteiger charge is 2.45. The number of hydrogen-bond acceptors (Lipinski definition) is 4. The fourth-order valence-electron chi connectivity index (χ4n) is 3.90. The summed E-state index contributed by atoms with van der Waals surface area (Å²) in [6.07, 6.45) is 2.36. The number of rotatable bonds is 2. The molecule has 6 heteroatoms. The van der Waals surface area contributed by atoms with Crippen molar-refractivity contribution in [1.82, 2.24) is 5.32 Å². The molecule has 0 unspecified atom stereocenters. The predicted molar refractivity (Wildman–Crippen MR) is 93.1 cm³/mol. The van der Waals surface area contributed by atoms with Crippen molar-refractivity contribution in [2.75, 3.05) is 0 Å². The maximum absolute atomic E-state index is 13.7. The van der Waals surface area contributed by atoms with E-state index in [0.29, 0.717) is 28.5 Å². The van der Waals surface area contributed by atoms with Crippen LogP contribution in [0.5, 0.6) is 0 Å². The third-order valence-corrected chi connectivity index (χ3v) is 5.66. The van der Waals surface area contributed by atoms with E-state index in [4.69, 9.17) is 4.74 Å². The first-order chi connectivity index (χ1) is 12.0. The van der Waals surface area contributed by atoms with Crippen LogP contribution in [-0.2, 0) is 14.3 Å². The standard InChI is InChI=1S/C19H17BrFNO3/c1-2-14-18-17(19(24)25-14)15(9-6-7-11(21)10(20)8-9)16-12(22-18)4-3-5-13(16)23/h6-8,14-15,22H,2-5H2,1H3/t14-,15-/m1/s1. The van der Waals surface area contributed by atoms with Crippen LogP contribution in [0.25, 0.3) is 0 Å². The number of Topliss-reactive ketones (excluding diaryl/α,β-unsaturated/α-hetero) is 1. The van der Waals surface area contributed by atoms with Gasteiger partial charge in [0.25, 0.3) is 0 Å². The summed E-state index contributed by atoms with van der Waals surface area (Å²) in [6, 6.07) is 4.64. The number of hydrogen-bond donors (Lipinski definition) is 1. The van der Waals surface area contributed by atoms with Gasteiger partial charge in [0, 0.05) is 23.6 Å². The smallest absolute Gasteiger partial charge is 0.337 e. The number of cyclic esters (lactones) is 1. The molecule has 0 fully saturated rings. The fraction of sp³-hybridized carbons (Fsp3) is 0.368. The molecule has 4 rings (SSSR count). The Kier molecular flexibility index (Phi) is 4.02. The van der Waals surface area contributed by atoms with Crippen LogP contribution < -0.4 is 5.32 Å². The van der Waals surface area contributed by atoms with E-state index in [1.807, 2.05) is 6.92 Å². The zero-order valence-corrected chi connectivity index (χ0v) is 15.3. The second-order valence-electron chi connectivity index (χ2n) is 6.53. The van der Waals surface area contributed by atoms with Crippen LogP contribution in [0.15, 0.2) is 45.2 Å². The molecule has 0 saturated carbocycles. The summed E-state index contributed by atoms with van der Waals surface area (Å²) in [5, 5.41) is 3.31. The van der Waals surface area contributed by atoms with Crippen molar-refractivity contribution >= 4 is 27.7 Å². The molecule has 130 valence electrons. The molecule has 0 amide bonds. The highest BCUT2D eigenvalue weighted by Crippen LogP contribution is 2.46. The first-order valence-electron chi connectivity index (χ1n) is 8.44. The van der Waals surface area contributed by atoms with Gasteiger partial charge in [-0.15, -0.1) is 0 Å². The molecule has 2 atom stereocenters. The number of carbonyl (C=O) groups excluding carboxylic acids is 2. The molecule has 1 aliphatic carbocycles. The van der Waals surface area contributed by atoms with E-state index in [0.717, 1.165) is 29.8 Å². The van der Waals surface area contributed by atoms with Gasteiger partial charge in [-0.3, -0.25) is 4.79 Å². The molecular formula is C19H17BrFNO3. The minimum Gasteiger partial charge on any atom is -0.452 e. The van der Waals surface area contributed by atoms with Crippen molar-refractivity contribution < 1.29 is 18.7 Å². The van der Waals surface area contributed by atoms with Gasteiger partial charge in [-0.1, -0.05) is 13.0 Å². The molecule has 3 aliphatic rings. The average Bonchev–Trinajstić information content (AvgIpc) is 2.92. The summed E-state index contributed by atoms with van der Waals surface area (Å²) >= 11 is 3.21. The topological polar surface area (TPSA) is 55.4 Å². The molecule has 0 bridgehead atoms. The van der Waals surface area contributed by atoms with E-state index < -0.39 is 11.9 Å². The molecule has 25 heavy (non-hydrogen) atoms. The summed E-state index contributed by atoms with van der Waals surface area (Å²) in [4.78, 5) is 25.2. The van der Waals surface area contributed by atoms with Crippen molar-refractivity contribution in [3.63, 3.8) is 0 Å². The molecule has 4 nitrogen and oxygen atoms in total. The molecule has 2 aliphatic heterocycles. The Bertz CT molecular complexity index is 858. The normalized spacial score (nSPS) is 25.6. The van der Waals surface area contributed by atoms with Gasteiger partial charge in [0.05, 0.1) is 15.7 Å². The van der Waals surface area contributed by atoms with E-state index in [2.05, 4.69) is 21.2 Å². The predicted octanol–water partition coefficient (Wildman–Crippen LogP) is 3.87. The van der Waals surface area contributed by atoms with Gasteiger partial charge in [0.1, 0.15) is 11.9 Å². The Labute approximate surface area is 153 Å². The van der Waals surface area contributed by atoms with E-state index in [1.54, 1.807) is 12.1 Å². The first kappa shape index (κ1) is 16.5. The van der Waals surface area contributed by atoms with E-state index in [9.17, 15) is 14.0 Å². The van der Waals surface area contributed by atoms with Gasteiger partial charge < -0.3 is 10.1 Å². The minimum atomic E-state index is -0.500. The van der Waals surface area contributed by atoms with Gasteiger partial charge in [0.2, 0.25) is 0 Å². The minimum absolute atomic E-state index is 0.0403. The molecule has 1 N–H and O–H groups in total. The van der Waals surface area contributed by atoms with Crippen molar-refractivity contribution in [3.05, 3.63) is 56.6 Å². The molecule has 0 spiro atoms. The summed E-state index contributed by atoms with van der Waals surface area (Å²) < 4.78 is 19.5. The van der Waals surface area contributed by atoms with Crippen molar-refractivity contribution in [3.8, 4) is 0 Å². The molecular weight excluding hydrogens is 389 g/mol. The van der Waals surface area contributed by atoms with Crippen LogP contribution in [0.4, 0.5) is 4.39 Å². The first-order valence-corrected chi connectivity index (χ1v) is 9.23. The van der Waals surface area contributed by atoms with Gasteiger partial charge in [-0.25, -0.2) is 9.18 Å². The Morgan fingerprint density at radius 2 is 2.08 bits per heavy atom. The van der Waals surface area contributed by atoms with Crippen LogP contribution in [0.2, 0.25) is 0 Å². The Balaban J connectivity index is 1.92. The third-order valence-electron chi connectivity index (χ3n) is 5.05. The lowest BCUT2D eigenvalue weighted by Crippen LogP contribution is -2.34. The summed E-state index contributed by atoms with van der Waals surface area (Å²) in [5.74, 6) is -1.24. The summed E-state index contributed by atoms with van der Waals surface area (Å²) in [6.45, 7) is 1.95. The zero-order chi connectivity index (χ0) is 17.7. The van der Waals surface area contributed by atoms with Gasteiger partial charge in [-0.05, 0) is 52.9 Å². The van der Waals surface area contributed by atoms with E-state index in [-0.39, 0.29) is 17.7 Å². The van der Waals surface area contributed by atoms with Crippen LogP contribution in [0, 0.1) is 5.82 Å². The Hall–Kier alpha value is -1.95. The Morgan fingerprint density at radius 1 is 1.28 bits per heavy atom. The van der Waals surface area contributed by atoms with E-state index >= 15 is 0 Å². The monoisotopic (exact) mass is 405 g/mol. The summed E-state index contributed by atoms with van der Waals surface area (Å²) in [7, 11) is 0. The molecule has 0 radical (unpaired) electrons. The highest BCUT2D eigenvalue weighted by molar-refractivity contribution is 9.10. The van der Waals surface area contributed by atoms with Gasteiger partial charge in [0.15, 0.2) is 5.78 Å². The van der Waals surface area contributed by atoms with Crippen molar-refractivity contribution in [1.29, 1.82) is 0 Å². The number of dihydropyridines is 1. The molecule has 0 saturated heterocycles. The zero-order valence-electron chi connectivity index (χ0n) is 13.7. The second-order valence-corrected chi connectivity index (χ2v) is 7.38. The number of ether oxygens (including phenoxy) is 1. The van der Waals surface area contributed by atoms with Crippen LogP contribution in [0.1, 0.15) is 44.1 Å². The van der Waals surface area contributed by atoms with E-state index in [1.165, 1.54) is 6.07 Å². The Morgan fingerprint density at radius 3 is 2.80 bits per heavy atom. The fourth-order valence-corrected chi connectivity index (χ4v) is 4.30. The maximum atomic E-state index is 13.7. The molecule has 1 aromatic rings. The van der Waals surface area contributed by atoms with Gasteiger partial charge >= 0.3 is 5.97 Å². The number of halogens is 2. The van der Waals surface area contributed by atoms with Crippen LogP contribution >= 0.6 is 15.9 Å². The molecule has 2 heterocycles. The molecule has 1 aromatic carbocycles. The lowest BCUT2D eigenvalue weighted by molar-refractivity contribution is -0.140. The number of allylic oxidation sites excluding steroid dienone is 2. The number of carbonyl (C=O) groups is 2. The van der Waals surface area contributed by atoms with Crippen molar-refractivity contribution in [2.24, 2.45) is 0 Å². The number of ketones is 1. The van der Waals surface area contributed by atoms with Crippen molar-refractivity contribution in [2.45, 2.75) is 44.6 Å². The number of esters is 1. The lowest BCUT2D eigenvalue weighted by atomic mass is 9.75. The second kappa shape index (κ2) is 6.09. The quantitative estimate of drug-likeness (QED) is 0.758. The maximum Gasteiger partial charge on any atom is 0.337 e. The third kappa shape index (κ3) is 2.54. The van der Waals surface area contributed by atoms with Crippen LogP contribution in [0.3, 0.4) is 0 Å². The largest absolute Gasteiger partial charge is 0.452 e. The molecule has 0 aromatic heterocycles. The number of benzene rings is 1. The number of nitrogens with one attached hydrogen (secondary N) is 1. The SMILES string of the molecule is CC[C@H]1OC(=O)C2=C1NC1=C(C(=O)CCC1)[C@H]2c1ccc(F)c(Br)c1. The highest BCUT2D eigenvalue weighted by atomic mass is 79.9. The van der Waals surface area contributed by atoms with Crippen LogP contribution in [-0.4, -0.2) is 17.9 Å². The lowest BCUT2D eigenvalue weighted by Gasteiger charge is -2.32.